The Hall–Kier alpha value is -2.24. The summed E-state index contributed by atoms with van der Waals surface area (Å²) < 4.78 is 14.7. The highest BCUT2D eigenvalue weighted by Crippen LogP contribution is 2.33. The van der Waals surface area contributed by atoms with E-state index in [0.29, 0.717) is 5.69 Å². The highest BCUT2D eigenvalue weighted by atomic mass is 19.1. The van der Waals surface area contributed by atoms with E-state index in [-0.39, 0.29) is 11.8 Å². The highest BCUT2D eigenvalue weighted by molar-refractivity contribution is 5.96. The first-order chi connectivity index (χ1) is 9.56. The zero-order valence-corrected chi connectivity index (χ0v) is 11.4. The van der Waals surface area contributed by atoms with Crippen LogP contribution < -0.4 is 4.90 Å². The number of aryl methyl sites for hydroxylation is 1. The predicted molar refractivity (Wildman–Crippen MR) is 72.2 cm³/mol. The first-order valence-electron chi connectivity index (χ1n) is 6.51. The Morgan fingerprint density at radius 3 is 2.85 bits per heavy atom. The van der Waals surface area contributed by atoms with E-state index >= 15 is 0 Å². The maximum atomic E-state index is 13.2. The number of carbonyl (C=O) groups excluding carboxylic acids is 1. The van der Waals surface area contributed by atoms with Gasteiger partial charge >= 0.3 is 0 Å². The Kier molecular flexibility index (Phi) is 3.00. The fourth-order valence-corrected chi connectivity index (χ4v) is 2.16. The second-order valence-corrected chi connectivity index (χ2v) is 5.08. The maximum absolute atomic E-state index is 13.2. The van der Waals surface area contributed by atoms with E-state index in [2.05, 4.69) is 10.1 Å². The number of anilines is 1. The molecule has 0 bridgehead atoms. The Morgan fingerprint density at radius 1 is 1.45 bits per heavy atom. The lowest BCUT2D eigenvalue weighted by Crippen LogP contribution is -2.27. The smallest absolute Gasteiger partial charge is 0.229 e. The second-order valence-electron chi connectivity index (χ2n) is 5.08. The molecule has 1 fully saturated rings. The molecule has 1 amide bonds. The minimum atomic E-state index is -0.417. The van der Waals surface area contributed by atoms with Crippen molar-refractivity contribution in [1.29, 1.82) is 0 Å². The molecular weight excluding hydrogens is 259 g/mol. The van der Waals surface area contributed by atoms with Gasteiger partial charge in [0.15, 0.2) is 0 Å². The van der Waals surface area contributed by atoms with Crippen molar-refractivity contribution in [3.63, 3.8) is 0 Å². The molecule has 1 aliphatic rings. The van der Waals surface area contributed by atoms with Crippen molar-refractivity contribution < 1.29 is 9.18 Å². The number of carbonyl (C=O) groups is 1. The van der Waals surface area contributed by atoms with Crippen LogP contribution in [0.5, 0.6) is 0 Å². The largest absolute Gasteiger partial charge is 0.312 e. The van der Waals surface area contributed by atoms with Gasteiger partial charge in [-0.25, -0.2) is 9.07 Å². The summed E-state index contributed by atoms with van der Waals surface area (Å²) in [5.41, 5.74) is 2.00. The van der Waals surface area contributed by atoms with Crippen LogP contribution in [-0.4, -0.2) is 27.7 Å². The normalized spacial score (nSPS) is 14.3. The van der Waals surface area contributed by atoms with Crippen LogP contribution in [0, 0.1) is 18.7 Å². The fraction of sp³-hybridized carbons (Fsp3) is 0.357. The molecular formula is C14H15FN4O. The number of halogens is 1. The van der Waals surface area contributed by atoms with Crippen molar-refractivity contribution in [3.8, 4) is 5.69 Å². The number of hydrogen-bond donors (Lipinski definition) is 0. The zero-order chi connectivity index (χ0) is 14.3. The van der Waals surface area contributed by atoms with E-state index in [4.69, 9.17) is 0 Å². The third-order valence-corrected chi connectivity index (χ3v) is 3.45. The van der Waals surface area contributed by atoms with Crippen LogP contribution in [0.2, 0.25) is 0 Å². The summed E-state index contributed by atoms with van der Waals surface area (Å²) in [5.74, 6) is -0.150. The van der Waals surface area contributed by atoms with Crippen LogP contribution in [0.4, 0.5) is 10.1 Å². The average molecular weight is 274 g/mol. The van der Waals surface area contributed by atoms with Crippen molar-refractivity contribution in [3.05, 3.63) is 36.2 Å². The van der Waals surface area contributed by atoms with Gasteiger partial charge in [0.2, 0.25) is 5.91 Å². The van der Waals surface area contributed by atoms with E-state index in [1.54, 1.807) is 18.1 Å². The Labute approximate surface area is 116 Å². The Morgan fingerprint density at radius 2 is 2.20 bits per heavy atom. The molecule has 2 heterocycles. The van der Waals surface area contributed by atoms with Gasteiger partial charge in [0.05, 0.1) is 35.7 Å². The summed E-state index contributed by atoms with van der Waals surface area (Å²) in [6.45, 7) is 1.83. The molecule has 0 radical (unpaired) electrons. The van der Waals surface area contributed by atoms with Crippen LogP contribution >= 0.6 is 0 Å². The van der Waals surface area contributed by atoms with E-state index in [1.807, 2.05) is 6.92 Å². The van der Waals surface area contributed by atoms with Gasteiger partial charge in [0, 0.05) is 19.0 Å². The van der Waals surface area contributed by atoms with Crippen LogP contribution in [0.1, 0.15) is 18.5 Å². The zero-order valence-electron chi connectivity index (χ0n) is 11.4. The van der Waals surface area contributed by atoms with Crippen molar-refractivity contribution in [2.75, 3.05) is 11.9 Å². The van der Waals surface area contributed by atoms with Crippen LogP contribution in [-0.2, 0) is 4.79 Å². The molecule has 20 heavy (non-hydrogen) atoms. The van der Waals surface area contributed by atoms with Gasteiger partial charge < -0.3 is 4.90 Å². The van der Waals surface area contributed by atoms with Gasteiger partial charge in [0.25, 0.3) is 0 Å². The summed E-state index contributed by atoms with van der Waals surface area (Å²) in [6, 6.07) is 1.35. The molecule has 0 N–H and O–H groups in total. The third kappa shape index (κ3) is 2.29. The van der Waals surface area contributed by atoms with E-state index in [1.165, 1.54) is 16.9 Å². The SMILES string of the molecule is Cc1nn(-c2cncc(F)c2)cc1N(C)C(=O)C1CC1. The number of rotatable bonds is 3. The van der Waals surface area contributed by atoms with E-state index in [0.717, 1.165) is 30.4 Å². The van der Waals surface area contributed by atoms with E-state index < -0.39 is 5.82 Å². The molecule has 2 aromatic heterocycles. The molecule has 0 unspecified atom stereocenters. The number of nitrogens with zero attached hydrogens (tertiary/aromatic N) is 4. The predicted octanol–water partition coefficient (Wildman–Crippen LogP) is 2.09. The Bertz CT molecular complexity index is 663. The first kappa shape index (κ1) is 12.8. The number of pyridine rings is 1. The summed E-state index contributed by atoms with van der Waals surface area (Å²) in [7, 11) is 1.75. The minimum Gasteiger partial charge on any atom is -0.312 e. The van der Waals surface area contributed by atoms with Crippen LogP contribution in [0.15, 0.2) is 24.7 Å². The van der Waals surface area contributed by atoms with Gasteiger partial charge in [-0.15, -0.1) is 0 Å². The summed E-state index contributed by atoms with van der Waals surface area (Å²) >= 11 is 0. The lowest BCUT2D eigenvalue weighted by molar-refractivity contribution is -0.119. The lowest BCUT2D eigenvalue weighted by Gasteiger charge is -2.15. The second kappa shape index (κ2) is 4.70. The molecule has 5 nitrogen and oxygen atoms in total. The quantitative estimate of drug-likeness (QED) is 0.861. The number of hydrogen-bond acceptors (Lipinski definition) is 3. The van der Waals surface area contributed by atoms with E-state index in [9.17, 15) is 9.18 Å². The first-order valence-corrected chi connectivity index (χ1v) is 6.51. The summed E-state index contributed by atoms with van der Waals surface area (Å²) in [5, 5.41) is 4.32. The van der Waals surface area contributed by atoms with Gasteiger partial charge in [-0.1, -0.05) is 0 Å². The molecule has 0 saturated heterocycles. The van der Waals surface area contributed by atoms with Crippen LogP contribution in [0.25, 0.3) is 5.69 Å². The van der Waals surface area contributed by atoms with Crippen molar-refractivity contribution >= 4 is 11.6 Å². The molecule has 0 aliphatic heterocycles. The van der Waals surface area contributed by atoms with Gasteiger partial charge in [-0.2, -0.15) is 5.10 Å². The third-order valence-electron chi connectivity index (χ3n) is 3.45. The van der Waals surface area contributed by atoms with Crippen LogP contribution in [0.3, 0.4) is 0 Å². The van der Waals surface area contributed by atoms with Crippen molar-refractivity contribution in [2.24, 2.45) is 5.92 Å². The summed E-state index contributed by atoms with van der Waals surface area (Å²) in [6.07, 6.45) is 6.33. The number of aromatic nitrogens is 3. The molecule has 1 aliphatic carbocycles. The molecule has 104 valence electrons. The molecule has 6 heteroatoms. The highest BCUT2D eigenvalue weighted by Gasteiger charge is 2.33. The lowest BCUT2D eigenvalue weighted by atomic mass is 10.3. The van der Waals surface area contributed by atoms with Gasteiger partial charge in [0.1, 0.15) is 5.82 Å². The molecule has 3 rings (SSSR count). The molecule has 0 atom stereocenters. The molecule has 0 spiro atoms. The van der Waals surface area contributed by atoms with Gasteiger partial charge in [-0.3, -0.25) is 9.78 Å². The summed E-state index contributed by atoms with van der Waals surface area (Å²) in [4.78, 5) is 17.5. The molecule has 1 saturated carbocycles. The van der Waals surface area contributed by atoms with Gasteiger partial charge in [-0.05, 0) is 19.8 Å². The topological polar surface area (TPSA) is 51.0 Å². The number of amides is 1. The Balaban J connectivity index is 1.92. The molecule has 2 aromatic rings. The fourth-order valence-electron chi connectivity index (χ4n) is 2.16. The standard InChI is InChI=1S/C14H15FN4O/c1-9-13(18(2)14(20)10-3-4-10)8-19(17-9)12-5-11(15)6-16-7-12/h5-8,10H,3-4H2,1-2H3. The minimum absolute atomic E-state index is 0.116. The average Bonchev–Trinajstić information content (AvgIpc) is 3.20. The monoisotopic (exact) mass is 274 g/mol. The molecule has 0 aromatic carbocycles. The maximum Gasteiger partial charge on any atom is 0.229 e. The van der Waals surface area contributed by atoms with Crippen molar-refractivity contribution in [1.82, 2.24) is 14.8 Å². The van der Waals surface area contributed by atoms with Crippen molar-refractivity contribution in [2.45, 2.75) is 19.8 Å².